The van der Waals surface area contributed by atoms with Gasteiger partial charge in [0.2, 0.25) is 0 Å². The Hall–Kier alpha value is -0.300. The summed E-state index contributed by atoms with van der Waals surface area (Å²) in [5.41, 5.74) is 0. The highest BCUT2D eigenvalue weighted by atomic mass is 14.8. The Morgan fingerprint density at radius 3 is 2.82 bits per heavy atom. The van der Waals surface area contributed by atoms with Gasteiger partial charge in [0.1, 0.15) is 0 Å². The highest BCUT2D eigenvalue weighted by Crippen LogP contribution is 2.42. The van der Waals surface area contributed by atoms with Crippen LogP contribution in [0, 0.1) is 17.8 Å². The van der Waals surface area contributed by atoms with Crippen LogP contribution in [0.1, 0.15) is 19.8 Å². The van der Waals surface area contributed by atoms with Crippen molar-refractivity contribution >= 4 is 0 Å². The summed E-state index contributed by atoms with van der Waals surface area (Å²) < 4.78 is 0. The summed E-state index contributed by atoms with van der Waals surface area (Å²) >= 11 is 0. The van der Waals surface area contributed by atoms with E-state index in [0.29, 0.717) is 0 Å². The average Bonchev–Trinajstić information content (AvgIpc) is 2.60. The molecule has 2 rings (SSSR count). The minimum absolute atomic E-state index is 0.916. The highest BCUT2D eigenvalue weighted by Gasteiger charge is 2.34. The minimum Gasteiger partial charge on any atom is -0.317 e. The summed E-state index contributed by atoms with van der Waals surface area (Å²) in [4.78, 5) is 0. The van der Waals surface area contributed by atoms with E-state index in [1.54, 1.807) is 0 Å². The molecule has 0 unspecified atom stereocenters. The molecule has 3 atom stereocenters. The van der Waals surface area contributed by atoms with E-state index in [9.17, 15) is 0 Å². The number of hydrogen-bond donors (Lipinski definition) is 1. The maximum atomic E-state index is 3.44. The van der Waals surface area contributed by atoms with Crippen molar-refractivity contribution in [1.82, 2.24) is 5.32 Å². The molecule has 0 radical (unpaired) electrons. The van der Waals surface area contributed by atoms with Crippen molar-refractivity contribution in [1.29, 1.82) is 0 Å². The lowest BCUT2D eigenvalue weighted by atomic mass is 9.94. The predicted octanol–water partition coefficient (Wildman–Crippen LogP) is 1.81. The topological polar surface area (TPSA) is 12.0 Å². The molecule has 2 aliphatic carbocycles. The molecular formula is C10H17N. The monoisotopic (exact) mass is 151 g/mol. The van der Waals surface area contributed by atoms with Gasteiger partial charge in [-0.05, 0) is 43.7 Å². The summed E-state index contributed by atoms with van der Waals surface area (Å²) in [6.45, 7) is 4.54. The number of fused-ring (bicyclic) bond motifs is 2. The van der Waals surface area contributed by atoms with Gasteiger partial charge >= 0.3 is 0 Å². The van der Waals surface area contributed by atoms with Crippen LogP contribution in [-0.2, 0) is 0 Å². The second-order valence-electron chi connectivity index (χ2n) is 3.85. The van der Waals surface area contributed by atoms with Gasteiger partial charge in [-0.15, -0.1) is 0 Å². The third kappa shape index (κ3) is 1.34. The molecule has 2 bridgehead atoms. The van der Waals surface area contributed by atoms with E-state index in [-0.39, 0.29) is 0 Å². The van der Waals surface area contributed by atoms with Gasteiger partial charge in [-0.3, -0.25) is 0 Å². The molecule has 0 saturated heterocycles. The molecule has 0 aromatic rings. The van der Waals surface area contributed by atoms with E-state index in [1.807, 2.05) is 0 Å². The molecule has 0 heterocycles. The molecule has 1 saturated carbocycles. The first-order valence-corrected chi connectivity index (χ1v) is 4.79. The van der Waals surface area contributed by atoms with Crippen LogP contribution in [0.15, 0.2) is 12.2 Å². The van der Waals surface area contributed by atoms with E-state index in [0.717, 1.165) is 24.3 Å². The van der Waals surface area contributed by atoms with Crippen molar-refractivity contribution in [3.8, 4) is 0 Å². The molecule has 2 aliphatic rings. The van der Waals surface area contributed by atoms with E-state index < -0.39 is 0 Å². The lowest BCUT2D eigenvalue weighted by molar-refractivity contribution is 0.420. The molecule has 1 fully saturated rings. The maximum Gasteiger partial charge on any atom is -0.00148 e. The molecule has 0 aliphatic heterocycles. The first kappa shape index (κ1) is 7.35. The molecule has 1 nitrogen and oxygen atoms in total. The van der Waals surface area contributed by atoms with Gasteiger partial charge in [-0.25, -0.2) is 0 Å². The molecule has 0 spiro atoms. The molecule has 11 heavy (non-hydrogen) atoms. The molecule has 0 aromatic carbocycles. The predicted molar refractivity (Wildman–Crippen MR) is 47.4 cm³/mol. The highest BCUT2D eigenvalue weighted by molar-refractivity contribution is 5.10. The first-order chi connectivity index (χ1) is 5.40. The fourth-order valence-electron chi connectivity index (χ4n) is 2.46. The lowest BCUT2D eigenvalue weighted by Gasteiger charge is -2.17. The van der Waals surface area contributed by atoms with Gasteiger partial charge in [-0.1, -0.05) is 19.1 Å². The van der Waals surface area contributed by atoms with Crippen molar-refractivity contribution in [2.75, 3.05) is 13.1 Å². The number of rotatable bonds is 3. The van der Waals surface area contributed by atoms with E-state index in [1.165, 1.54) is 19.4 Å². The number of nitrogens with one attached hydrogen (secondary N) is 1. The number of allylic oxidation sites excluding steroid dienone is 2. The zero-order valence-corrected chi connectivity index (χ0v) is 7.22. The van der Waals surface area contributed by atoms with Gasteiger partial charge in [0, 0.05) is 0 Å². The van der Waals surface area contributed by atoms with Gasteiger partial charge in [0.25, 0.3) is 0 Å². The van der Waals surface area contributed by atoms with Crippen molar-refractivity contribution in [3.05, 3.63) is 12.2 Å². The van der Waals surface area contributed by atoms with Crippen LogP contribution in [0.5, 0.6) is 0 Å². The quantitative estimate of drug-likeness (QED) is 0.607. The maximum absolute atomic E-state index is 3.44. The Morgan fingerprint density at radius 2 is 2.27 bits per heavy atom. The van der Waals surface area contributed by atoms with Crippen LogP contribution in [0.2, 0.25) is 0 Å². The van der Waals surface area contributed by atoms with Crippen molar-refractivity contribution in [3.63, 3.8) is 0 Å². The second-order valence-corrected chi connectivity index (χ2v) is 3.85. The summed E-state index contributed by atoms with van der Waals surface area (Å²) in [5.74, 6) is 2.80. The SMILES string of the molecule is CCNC[C@H]1C[C@H]2C=C[C@@H]1C2. The van der Waals surface area contributed by atoms with Crippen molar-refractivity contribution in [2.24, 2.45) is 17.8 Å². The van der Waals surface area contributed by atoms with Crippen LogP contribution in [0.25, 0.3) is 0 Å². The molecule has 0 aromatic heterocycles. The molecular weight excluding hydrogens is 134 g/mol. The average molecular weight is 151 g/mol. The normalized spacial score (nSPS) is 40.3. The van der Waals surface area contributed by atoms with Gasteiger partial charge in [0.05, 0.1) is 0 Å². The van der Waals surface area contributed by atoms with E-state index >= 15 is 0 Å². The summed E-state index contributed by atoms with van der Waals surface area (Å²) in [7, 11) is 0. The zero-order valence-electron chi connectivity index (χ0n) is 7.22. The summed E-state index contributed by atoms with van der Waals surface area (Å²) in [6, 6.07) is 0. The third-order valence-electron chi connectivity index (χ3n) is 3.07. The summed E-state index contributed by atoms with van der Waals surface area (Å²) in [5, 5.41) is 3.44. The lowest BCUT2D eigenvalue weighted by Crippen LogP contribution is -2.24. The van der Waals surface area contributed by atoms with Crippen molar-refractivity contribution < 1.29 is 0 Å². The van der Waals surface area contributed by atoms with Crippen LogP contribution >= 0.6 is 0 Å². The smallest absolute Gasteiger partial charge is 0.00148 e. The van der Waals surface area contributed by atoms with E-state index in [4.69, 9.17) is 0 Å². The van der Waals surface area contributed by atoms with Crippen LogP contribution in [-0.4, -0.2) is 13.1 Å². The standard InChI is InChI=1S/C10H17N/c1-2-11-7-10-6-8-3-4-9(10)5-8/h3-4,8-11H,2,5-7H2,1H3/t8-,9+,10+/m0/s1. The van der Waals surface area contributed by atoms with E-state index in [2.05, 4.69) is 24.4 Å². The van der Waals surface area contributed by atoms with Gasteiger partial charge in [-0.2, -0.15) is 0 Å². The van der Waals surface area contributed by atoms with Crippen LogP contribution in [0.3, 0.4) is 0 Å². The summed E-state index contributed by atoms with van der Waals surface area (Å²) in [6.07, 6.45) is 7.72. The van der Waals surface area contributed by atoms with Crippen molar-refractivity contribution in [2.45, 2.75) is 19.8 Å². The third-order valence-corrected chi connectivity index (χ3v) is 3.07. The zero-order chi connectivity index (χ0) is 7.68. The largest absolute Gasteiger partial charge is 0.317 e. The Labute approximate surface area is 68.9 Å². The van der Waals surface area contributed by atoms with Gasteiger partial charge < -0.3 is 5.32 Å². The number of hydrogen-bond acceptors (Lipinski definition) is 1. The Balaban J connectivity index is 1.84. The Kier molecular flexibility index (Phi) is 1.99. The molecule has 1 heteroatoms. The van der Waals surface area contributed by atoms with Crippen LogP contribution in [0.4, 0.5) is 0 Å². The first-order valence-electron chi connectivity index (χ1n) is 4.79. The van der Waals surface area contributed by atoms with Crippen LogP contribution < -0.4 is 5.32 Å². The molecule has 0 amide bonds. The fourth-order valence-corrected chi connectivity index (χ4v) is 2.46. The Morgan fingerprint density at radius 1 is 1.36 bits per heavy atom. The molecule has 1 N–H and O–H groups in total. The fraction of sp³-hybridized carbons (Fsp3) is 0.800. The minimum atomic E-state index is 0.916. The second kappa shape index (κ2) is 2.98. The van der Waals surface area contributed by atoms with Gasteiger partial charge in [0.15, 0.2) is 0 Å². The Bertz CT molecular complexity index is 162. The molecule has 62 valence electrons.